The molecule has 132 valence electrons. The Morgan fingerprint density at radius 3 is 2.68 bits per heavy atom. The molecule has 1 heterocycles. The van der Waals surface area contributed by atoms with Crippen molar-refractivity contribution >= 4 is 5.78 Å². The summed E-state index contributed by atoms with van der Waals surface area (Å²) in [6.45, 7) is 0.595. The predicted octanol–water partition coefficient (Wildman–Crippen LogP) is 2.49. The molecule has 5 nitrogen and oxygen atoms in total. The second-order valence-electron chi connectivity index (χ2n) is 5.75. The van der Waals surface area contributed by atoms with Crippen LogP contribution in [-0.2, 0) is 12.6 Å². The van der Waals surface area contributed by atoms with Crippen LogP contribution in [0.2, 0.25) is 0 Å². The molecular weight excluding hydrogens is 335 g/mol. The van der Waals surface area contributed by atoms with Crippen molar-refractivity contribution in [1.82, 2.24) is 16.2 Å². The number of alkyl halides is 3. The van der Waals surface area contributed by atoms with Crippen LogP contribution in [0.4, 0.5) is 13.2 Å². The van der Waals surface area contributed by atoms with E-state index in [1.807, 2.05) is 12.1 Å². The Morgan fingerprint density at radius 1 is 1.20 bits per heavy atom. The Balaban J connectivity index is 1.80. The fraction of sp³-hybridized carbons (Fsp3) is 0.235. The average molecular weight is 351 g/mol. The van der Waals surface area contributed by atoms with Gasteiger partial charge >= 0.3 is 6.18 Å². The van der Waals surface area contributed by atoms with Crippen molar-refractivity contribution in [2.24, 2.45) is 0 Å². The summed E-state index contributed by atoms with van der Waals surface area (Å²) >= 11 is 0. The number of benzene rings is 2. The molecule has 2 aromatic rings. The zero-order chi connectivity index (χ0) is 18.0. The average Bonchev–Trinajstić information content (AvgIpc) is 3.08. The molecule has 0 saturated carbocycles. The van der Waals surface area contributed by atoms with Crippen LogP contribution < -0.4 is 16.2 Å². The number of halogens is 3. The maximum atomic E-state index is 12.8. The number of nitrogens with one attached hydrogen (secondary N) is 3. The molecule has 0 aromatic heterocycles. The number of hydrogen-bond donors (Lipinski definition) is 4. The van der Waals surface area contributed by atoms with Gasteiger partial charge in [-0.05, 0) is 29.3 Å². The Kier molecular flexibility index (Phi) is 4.76. The summed E-state index contributed by atoms with van der Waals surface area (Å²) in [6.07, 6.45) is -4.79. The van der Waals surface area contributed by atoms with Crippen LogP contribution in [0.25, 0.3) is 0 Å². The van der Waals surface area contributed by atoms with Crippen molar-refractivity contribution in [2.75, 3.05) is 6.67 Å². The van der Waals surface area contributed by atoms with E-state index < -0.39 is 23.3 Å². The van der Waals surface area contributed by atoms with Crippen LogP contribution >= 0.6 is 0 Å². The van der Waals surface area contributed by atoms with Crippen molar-refractivity contribution in [3.05, 3.63) is 64.7 Å². The van der Waals surface area contributed by atoms with Crippen LogP contribution in [0.5, 0.6) is 5.75 Å². The summed E-state index contributed by atoms with van der Waals surface area (Å²) in [6, 6.07) is 9.61. The van der Waals surface area contributed by atoms with E-state index in [2.05, 4.69) is 16.2 Å². The maximum absolute atomic E-state index is 12.8. The minimum Gasteiger partial charge on any atom is -0.508 e. The zero-order valence-electron chi connectivity index (χ0n) is 13.0. The molecule has 0 amide bonds. The molecule has 1 saturated heterocycles. The quantitative estimate of drug-likeness (QED) is 0.637. The SMILES string of the molecule is O=C(Cc1cccc(C2NCNN2)c1)c1cc(O)cc(C(F)(F)F)c1. The van der Waals surface area contributed by atoms with Gasteiger partial charge in [0.25, 0.3) is 0 Å². The molecule has 3 rings (SSSR count). The van der Waals surface area contributed by atoms with Gasteiger partial charge in [-0.15, -0.1) is 0 Å². The lowest BCUT2D eigenvalue weighted by atomic mass is 9.99. The van der Waals surface area contributed by atoms with Gasteiger partial charge in [0.05, 0.1) is 18.4 Å². The Bertz CT molecular complexity index is 787. The molecule has 2 aromatic carbocycles. The molecule has 8 heteroatoms. The third-order valence-corrected chi connectivity index (χ3v) is 3.86. The summed E-state index contributed by atoms with van der Waals surface area (Å²) < 4.78 is 38.5. The Morgan fingerprint density at radius 2 is 2.00 bits per heavy atom. The molecule has 1 aliphatic heterocycles. The minimum absolute atomic E-state index is 0.0608. The maximum Gasteiger partial charge on any atom is 0.416 e. The molecule has 1 atom stereocenters. The van der Waals surface area contributed by atoms with E-state index >= 15 is 0 Å². The molecule has 25 heavy (non-hydrogen) atoms. The second kappa shape index (κ2) is 6.83. The molecular formula is C17H16F3N3O2. The number of carbonyl (C=O) groups is 1. The molecule has 0 spiro atoms. The predicted molar refractivity (Wildman–Crippen MR) is 84.6 cm³/mol. The number of hydrazine groups is 1. The topological polar surface area (TPSA) is 73.4 Å². The van der Waals surface area contributed by atoms with Gasteiger partial charge < -0.3 is 5.11 Å². The van der Waals surface area contributed by atoms with E-state index in [1.165, 1.54) is 0 Å². The minimum atomic E-state index is -4.62. The fourth-order valence-electron chi connectivity index (χ4n) is 2.66. The number of Topliss-reactive ketones (excluding diaryl/α,β-unsaturated/α-hetero) is 1. The number of hydrogen-bond acceptors (Lipinski definition) is 5. The standard InChI is InChI=1S/C17H16F3N3O2/c18-17(19,20)13-6-12(7-14(24)8-13)15(25)5-10-2-1-3-11(4-10)16-21-9-22-23-16/h1-4,6-8,16,21-24H,5,9H2. The van der Waals surface area contributed by atoms with E-state index in [1.54, 1.807) is 12.1 Å². The molecule has 0 bridgehead atoms. The Hall–Kier alpha value is -2.42. The summed E-state index contributed by atoms with van der Waals surface area (Å²) in [5.41, 5.74) is 6.30. The van der Waals surface area contributed by atoms with E-state index in [0.717, 1.165) is 17.7 Å². The highest BCUT2D eigenvalue weighted by Crippen LogP contribution is 2.32. The van der Waals surface area contributed by atoms with Gasteiger partial charge in [0.15, 0.2) is 5.78 Å². The largest absolute Gasteiger partial charge is 0.508 e. The lowest BCUT2D eigenvalue weighted by Crippen LogP contribution is -2.25. The van der Waals surface area contributed by atoms with Gasteiger partial charge in [-0.3, -0.25) is 10.1 Å². The van der Waals surface area contributed by atoms with Crippen LogP contribution in [0.1, 0.15) is 33.2 Å². The van der Waals surface area contributed by atoms with Gasteiger partial charge in [0.2, 0.25) is 0 Å². The summed E-state index contributed by atoms with van der Waals surface area (Å²) in [5.74, 6) is -1.08. The van der Waals surface area contributed by atoms with E-state index in [4.69, 9.17) is 0 Å². The third kappa shape index (κ3) is 4.16. The fourth-order valence-corrected chi connectivity index (χ4v) is 2.66. The van der Waals surface area contributed by atoms with Gasteiger partial charge in [-0.1, -0.05) is 24.3 Å². The van der Waals surface area contributed by atoms with E-state index in [9.17, 15) is 23.1 Å². The smallest absolute Gasteiger partial charge is 0.416 e. The molecule has 1 aliphatic rings. The number of phenolic OH excluding ortho intramolecular Hbond substituents is 1. The normalized spacial score (nSPS) is 17.6. The number of aromatic hydroxyl groups is 1. The molecule has 1 unspecified atom stereocenters. The molecule has 4 N–H and O–H groups in total. The molecule has 1 fully saturated rings. The second-order valence-corrected chi connectivity index (χ2v) is 5.75. The Labute approximate surface area is 141 Å². The lowest BCUT2D eigenvalue weighted by Gasteiger charge is -2.12. The number of rotatable bonds is 4. The number of ketones is 1. The van der Waals surface area contributed by atoms with Crippen molar-refractivity contribution in [2.45, 2.75) is 18.8 Å². The molecule has 0 aliphatic carbocycles. The van der Waals surface area contributed by atoms with Gasteiger partial charge in [-0.2, -0.15) is 13.2 Å². The van der Waals surface area contributed by atoms with Crippen LogP contribution in [0, 0.1) is 0 Å². The first-order valence-electron chi connectivity index (χ1n) is 7.58. The van der Waals surface area contributed by atoms with Crippen molar-refractivity contribution in [1.29, 1.82) is 0 Å². The first kappa shape index (κ1) is 17.4. The number of carbonyl (C=O) groups excluding carboxylic acids is 1. The van der Waals surface area contributed by atoms with Crippen LogP contribution in [0.15, 0.2) is 42.5 Å². The van der Waals surface area contributed by atoms with Gasteiger partial charge in [-0.25, -0.2) is 10.9 Å². The van der Waals surface area contributed by atoms with Crippen molar-refractivity contribution in [3.8, 4) is 5.75 Å². The zero-order valence-corrected chi connectivity index (χ0v) is 13.0. The van der Waals surface area contributed by atoms with Gasteiger partial charge in [0.1, 0.15) is 5.75 Å². The highest BCUT2D eigenvalue weighted by atomic mass is 19.4. The monoisotopic (exact) mass is 351 g/mol. The van der Waals surface area contributed by atoms with Crippen LogP contribution in [0.3, 0.4) is 0 Å². The number of phenols is 1. The van der Waals surface area contributed by atoms with Crippen LogP contribution in [-0.4, -0.2) is 17.6 Å². The van der Waals surface area contributed by atoms with E-state index in [0.29, 0.717) is 18.3 Å². The summed E-state index contributed by atoms with van der Waals surface area (Å²) in [5, 5.41) is 12.6. The lowest BCUT2D eigenvalue weighted by molar-refractivity contribution is -0.137. The van der Waals surface area contributed by atoms with E-state index in [-0.39, 0.29) is 18.2 Å². The highest BCUT2D eigenvalue weighted by molar-refractivity contribution is 5.98. The molecule has 0 radical (unpaired) electrons. The first-order valence-corrected chi connectivity index (χ1v) is 7.58. The van der Waals surface area contributed by atoms with Gasteiger partial charge in [0, 0.05) is 12.0 Å². The first-order chi connectivity index (χ1) is 11.8. The summed E-state index contributed by atoms with van der Waals surface area (Å²) in [4.78, 5) is 12.4. The highest BCUT2D eigenvalue weighted by Gasteiger charge is 2.31. The summed E-state index contributed by atoms with van der Waals surface area (Å²) in [7, 11) is 0. The van der Waals surface area contributed by atoms with Crippen molar-refractivity contribution in [3.63, 3.8) is 0 Å². The third-order valence-electron chi connectivity index (χ3n) is 3.86. The van der Waals surface area contributed by atoms with Crippen molar-refractivity contribution < 1.29 is 23.1 Å².